The van der Waals surface area contributed by atoms with Crippen LogP contribution in [0.2, 0.25) is 0 Å². The highest BCUT2D eigenvalue weighted by Crippen LogP contribution is 2.17. The molecule has 0 fully saturated rings. The lowest BCUT2D eigenvalue weighted by molar-refractivity contribution is -0.137. The van der Waals surface area contributed by atoms with Gasteiger partial charge in [-0.05, 0) is 74.1 Å². The predicted molar refractivity (Wildman–Crippen MR) is 117 cm³/mol. The molecular formula is C25H30O5. The molecule has 0 aliphatic carbocycles. The molecule has 0 amide bonds. The zero-order valence-corrected chi connectivity index (χ0v) is 17.6. The fraction of sp³-hybridized carbons (Fsp3) is 0.360. The Labute approximate surface area is 178 Å². The van der Waals surface area contributed by atoms with Crippen LogP contribution >= 0.6 is 0 Å². The largest absolute Gasteiger partial charge is 0.494 e. The van der Waals surface area contributed by atoms with Crippen molar-refractivity contribution in [1.82, 2.24) is 0 Å². The number of carbonyl (C=O) groups excluding carboxylic acids is 2. The summed E-state index contributed by atoms with van der Waals surface area (Å²) >= 11 is 0. The molecule has 30 heavy (non-hydrogen) atoms. The van der Waals surface area contributed by atoms with Gasteiger partial charge in [0.15, 0.2) is 0 Å². The third-order valence-electron chi connectivity index (χ3n) is 4.48. The molecule has 0 bridgehead atoms. The molecule has 0 radical (unpaired) electrons. The first-order chi connectivity index (χ1) is 14.6. The lowest BCUT2D eigenvalue weighted by Gasteiger charge is -2.08. The van der Waals surface area contributed by atoms with Crippen LogP contribution in [0.15, 0.2) is 61.2 Å². The average Bonchev–Trinajstić information content (AvgIpc) is 2.77. The van der Waals surface area contributed by atoms with Crippen molar-refractivity contribution < 1.29 is 23.8 Å². The van der Waals surface area contributed by atoms with Crippen molar-refractivity contribution >= 4 is 11.9 Å². The summed E-state index contributed by atoms with van der Waals surface area (Å²) in [6.07, 6.45) is 6.97. The first-order valence-electron chi connectivity index (χ1n) is 10.5. The molecule has 0 atom stereocenters. The predicted octanol–water partition coefficient (Wildman–Crippen LogP) is 5.53. The topological polar surface area (TPSA) is 61.8 Å². The molecule has 0 N–H and O–H groups in total. The highest BCUT2D eigenvalue weighted by Gasteiger charge is 2.09. The van der Waals surface area contributed by atoms with Gasteiger partial charge in [0.1, 0.15) is 11.5 Å². The van der Waals surface area contributed by atoms with Crippen LogP contribution in [0.5, 0.6) is 11.5 Å². The quantitative estimate of drug-likeness (QED) is 0.188. The minimum absolute atomic E-state index is 0.379. The Morgan fingerprint density at radius 2 is 1.50 bits per heavy atom. The second-order valence-corrected chi connectivity index (χ2v) is 6.94. The van der Waals surface area contributed by atoms with Gasteiger partial charge < -0.3 is 14.2 Å². The molecule has 160 valence electrons. The number of aryl methyl sites for hydroxylation is 1. The average molecular weight is 411 g/mol. The summed E-state index contributed by atoms with van der Waals surface area (Å²) in [4.78, 5) is 23.2. The van der Waals surface area contributed by atoms with Crippen LogP contribution in [0.4, 0.5) is 0 Å². The molecule has 0 spiro atoms. The summed E-state index contributed by atoms with van der Waals surface area (Å²) < 4.78 is 16.1. The molecule has 0 aliphatic rings. The van der Waals surface area contributed by atoms with Gasteiger partial charge >= 0.3 is 11.9 Å². The molecule has 0 heterocycles. The number of benzene rings is 2. The van der Waals surface area contributed by atoms with Gasteiger partial charge in [-0.15, -0.1) is 0 Å². The minimum Gasteiger partial charge on any atom is -0.494 e. The highest BCUT2D eigenvalue weighted by molar-refractivity contribution is 5.91. The van der Waals surface area contributed by atoms with Gasteiger partial charge in [-0.25, -0.2) is 9.59 Å². The van der Waals surface area contributed by atoms with Gasteiger partial charge in [-0.1, -0.05) is 32.1 Å². The molecule has 5 heteroatoms. The van der Waals surface area contributed by atoms with Crippen LogP contribution in [0.1, 0.15) is 54.9 Å². The van der Waals surface area contributed by atoms with Crippen molar-refractivity contribution in [3.05, 3.63) is 72.3 Å². The summed E-state index contributed by atoms with van der Waals surface area (Å²) in [5.41, 5.74) is 1.71. The monoisotopic (exact) mass is 410 g/mol. The van der Waals surface area contributed by atoms with E-state index in [0.29, 0.717) is 24.5 Å². The lowest BCUT2D eigenvalue weighted by Crippen LogP contribution is -2.08. The molecule has 0 aromatic heterocycles. The van der Waals surface area contributed by atoms with Crippen molar-refractivity contribution in [3.63, 3.8) is 0 Å². The number of carbonyl (C=O) groups is 2. The number of unbranched alkanes of at least 4 members (excludes halogenated alkanes) is 3. The van der Waals surface area contributed by atoms with E-state index in [1.807, 2.05) is 24.3 Å². The Bertz CT molecular complexity index is 793. The summed E-state index contributed by atoms with van der Waals surface area (Å²) in [5, 5.41) is 0. The van der Waals surface area contributed by atoms with E-state index in [0.717, 1.165) is 44.3 Å². The Kier molecular flexibility index (Phi) is 10.2. The Morgan fingerprint density at radius 1 is 0.867 bits per heavy atom. The van der Waals surface area contributed by atoms with Crippen molar-refractivity contribution in [2.24, 2.45) is 0 Å². The molecular weight excluding hydrogens is 380 g/mol. The molecule has 5 nitrogen and oxygen atoms in total. The number of hydrogen-bond donors (Lipinski definition) is 0. The van der Waals surface area contributed by atoms with Crippen LogP contribution in [0, 0.1) is 0 Å². The van der Waals surface area contributed by atoms with Crippen LogP contribution in [-0.2, 0) is 16.0 Å². The Morgan fingerprint density at radius 3 is 2.13 bits per heavy atom. The van der Waals surface area contributed by atoms with Gasteiger partial charge in [-0.2, -0.15) is 0 Å². The van der Waals surface area contributed by atoms with Gasteiger partial charge in [0.05, 0.1) is 18.8 Å². The summed E-state index contributed by atoms with van der Waals surface area (Å²) in [7, 11) is 0. The van der Waals surface area contributed by atoms with E-state index in [1.54, 1.807) is 24.3 Å². The molecule has 2 aromatic rings. The maximum Gasteiger partial charge on any atom is 0.343 e. The Hall–Kier alpha value is -3.08. The summed E-state index contributed by atoms with van der Waals surface area (Å²) in [6, 6.07) is 14.6. The number of esters is 2. The standard InChI is InChI=1S/C25H30O5/c1-3-9-20-10-14-23(15-11-20)30-25(27)21-12-16-22(17-13-21)28-18-7-5-6-8-19-29-24(26)4-2/h4,10-17H,2-3,5-9,18-19H2,1H3. The maximum atomic E-state index is 12.3. The fourth-order valence-electron chi connectivity index (χ4n) is 2.85. The number of hydrogen-bond acceptors (Lipinski definition) is 5. The first kappa shape index (κ1) is 23.2. The SMILES string of the molecule is C=CC(=O)OCCCCCCOc1ccc(C(=O)Oc2ccc(CCC)cc2)cc1. The zero-order chi connectivity index (χ0) is 21.6. The number of ether oxygens (including phenoxy) is 3. The van der Waals surface area contributed by atoms with Crippen molar-refractivity contribution in [2.45, 2.75) is 45.4 Å². The van der Waals surface area contributed by atoms with Gasteiger partial charge in [0.25, 0.3) is 0 Å². The van der Waals surface area contributed by atoms with Gasteiger partial charge in [0.2, 0.25) is 0 Å². The van der Waals surface area contributed by atoms with Crippen LogP contribution in [-0.4, -0.2) is 25.2 Å². The molecule has 0 unspecified atom stereocenters. The van der Waals surface area contributed by atoms with E-state index in [-0.39, 0.29) is 11.9 Å². The van der Waals surface area contributed by atoms with Crippen molar-refractivity contribution in [1.29, 1.82) is 0 Å². The second kappa shape index (κ2) is 13.2. The van der Waals surface area contributed by atoms with E-state index >= 15 is 0 Å². The molecule has 0 saturated heterocycles. The summed E-state index contributed by atoms with van der Waals surface area (Å²) in [6.45, 7) is 6.51. The third kappa shape index (κ3) is 8.52. The molecule has 0 saturated carbocycles. The van der Waals surface area contributed by atoms with Gasteiger partial charge in [0, 0.05) is 6.08 Å². The molecule has 0 aliphatic heterocycles. The van der Waals surface area contributed by atoms with Crippen LogP contribution < -0.4 is 9.47 Å². The van der Waals surface area contributed by atoms with E-state index in [1.165, 1.54) is 11.6 Å². The lowest BCUT2D eigenvalue weighted by atomic mass is 10.1. The first-order valence-corrected chi connectivity index (χ1v) is 10.5. The normalized spacial score (nSPS) is 10.3. The van der Waals surface area contributed by atoms with Crippen molar-refractivity contribution in [3.8, 4) is 11.5 Å². The maximum absolute atomic E-state index is 12.3. The van der Waals surface area contributed by atoms with E-state index in [2.05, 4.69) is 13.5 Å². The second-order valence-electron chi connectivity index (χ2n) is 6.94. The van der Waals surface area contributed by atoms with Crippen LogP contribution in [0.3, 0.4) is 0 Å². The van der Waals surface area contributed by atoms with Crippen molar-refractivity contribution in [2.75, 3.05) is 13.2 Å². The smallest absolute Gasteiger partial charge is 0.343 e. The zero-order valence-electron chi connectivity index (χ0n) is 17.6. The fourth-order valence-corrected chi connectivity index (χ4v) is 2.85. The van der Waals surface area contributed by atoms with E-state index in [9.17, 15) is 9.59 Å². The van der Waals surface area contributed by atoms with E-state index in [4.69, 9.17) is 14.2 Å². The Balaban J connectivity index is 1.66. The van der Waals surface area contributed by atoms with Crippen LogP contribution in [0.25, 0.3) is 0 Å². The highest BCUT2D eigenvalue weighted by atomic mass is 16.5. The summed E-state index contributed by atoms with van der Waals surface area (Å²) in [5.74, 6) is 0.493. The van der Waals surface area contributed by atoms with Gasteiger partial charge in [-0.3, -0.25) is 0 Å². The van der Waals surface area contributed by atoms with E-state index < -0.39 is 0 Å². The minimum atomic E-state index is -0.387. The third-order valence-corrected chi connectivity index (χ3v) is 4.48. The molecule has 2 aromatic carbocycles. The molecule has 2 rings (SSSR count). The number of rotatable bonds is 13.